The quantitative estimate of drug-likeness (QED) is 0.815. The van der Waals surface area contributed by atoms with E-state index >= 15 is 0 Å². The van der Waals surface area contributed by atoms with Crippen molar-refractivity contribution in [3.8, 4) is 0 Å². The van der Waals surface area contributed by atoms with Crippen LogP contribution in [0.2, 0.25) is 5.02 Å². The molecular formula is C14H18ClN3OS. The van der Waals surface area contributed by atoms with Crippen molar-refractivity contribution in [2.45, 2.75) is 37.3 Å². The maximum Gasteiger partial charge on any atom is 0.276 e. The molecule has 2 rings (SSSR count). The molecule has 4 nitrogen and oxygen atoms in total. The lowest BCUT2D eigenvalue weighted by Gasteiger charge is -2.13. The van der Waals surface area contributed by atoms with Crippen molar-refractivity contribution in [3.63, 3.8) is 0 Å². The van der Waals surface area contributed by atoms with E-state index in [4.69, 9.17) is 21.8 Å². The smallest absolute Gasteiger partial charge is 0.276 e. The number of nitrogens with two attached hydrogens (primary N) is 1. The van der Waals surface area contributed by atoms with Gasteiger partial charge in [-0.1, -0.05) is 55.8 Å². The normalized spacial score (nSPS) is 14.2. The Balaban J connectivity index is 1.96. The molecule has 6 heteroatoms. The zero-order valence-electron chi connectivity index (χ0n) is 11.5. The van der Waals surface area contributed by atoms with E-state index in [0.717, 1.165) is 22.8 Å². The Kier molecular flexibility index (Phi) is 5.46. The standard InChI is InChI=1S/C14H18ClN3OS/c1-3-9(2)12(16)13-17-18-14(19-13)20-8-10-5-4-6-11(15)7-10/h4-7,9,12H,3,8,16H2,1-2H3/t9-,12+/m0/s1. The van der Waals surface area contributed by atoms with Gasteiger partial charge in [0.15, 0.2) is 0 Å². The van der Waals surface area contributed by atoms with Gasteiger partial charge in [-0.3, -0.25) is 0 Å². The fraction of sp³-hybridized carbons (Fsp3) is 0.429. The van der Waals surface area contributed by atoms with Crippen molar-refractivity contribution in [2.75, 3.05) is 0 Å². The average Bonchev–Trinajstić information content (AvgIpc) is 2.92. The molecule has 0 aliphatic carbocycles. The molecule has 2 N–H and O–H groups in total. The Morgan fingerprint density at radius 1 is 1.40 bits per heavy atom. The molecule has 0 amide bonds. The van der Waals surface area contributed by atoms with E-state index in [2.05, 4.69) is 24.0 Å². The SMILES string of the molecule is CC[C@H](C)[C@@H](N)c1nnc(SCc2cccc(Cl)c2)o1. The zero-order chi connectivity index (χ0) is 14.5. The number of aromatic nitrogens is 2. The molecule has 108 valence electrons. The van der Waals surface area contributed by atoms with Crippen LogP contribution in [-0.2, 0) is 5.75 Å². The van der Waals surface area contributed by atoms with Crippen LogP contribution in [0, 0.1) is 5.92 Å². The number of hydrogen-bond acceptors (Lipinski definition) is 5. The van der Waals surface area contributed by atoms with Crippen LogP contribution in [0.1, 0.15) is 37.8 Å². The van der Waals surface area contributed by atoms with Crippen LogP contribution in [0.3, 0.4) is 0 Å². The second-order valence-electron chi connectivity index (χ2n) is 4.74. The third kappa shape index (κ3) is 3.98. The van der Waals surface area contributed by atoms with Gasteiger partial charge in [0.2, 0.25) is 5.89 Å². The summed E-state index contributed by atoms with van der Waals surface area (Å²) in [7, 11) is 0. The number of thioether (sulfide) groups is 1. The summed E-state index contributed by atoms with van der Waals surface area (Å²) in [4.78, 5) is 0. The van der Waals surface area contributed by atoms with Crippen LogP contribution < -0.4 is 5.73 Å². The van der Waals surface area contributed by atoms with Crippen LogP contribution in [0.4, 0.5) is 0 Å². The molecule has 0 radical (unpaired) electrons. The fourth-order valence-corrected chi connectivity index (χ4v) is 2.61. The Morgan fingerprint density at radius 2 is 2.20 bits per heavy atom. The third-order valence-electron chi connectivity index (χ3n) is 3.22. The zero-order valence-corrected chi connectivity index (χ0v) is 13.1. The Bertz CT molecular complexity index is 561. The van der Waals surface area contributed by atoms with Gasteiger partial charge < -0.3 is 10.2 Å². The van der Waals surface area contributed by atoms with Crippen LogP contribution in [-0.4, -0.2) is 10.2 Å². The van der Waals surface area contributed by atoms with Gasteiger partial charge in [-0.25, -0.2) is 0 Å². The molecule has 0 saturated carbocycles. The molecule has 1 aromatic carbocycles. The summed E-state index contributed by atoms with van der Waals surface area (Å²) in [5.74, 6) is 1.56. The lowest BCUT2D eigenvalue weighted by molar-refractivity contribution is 0.333. The number of halogens is 1. The second kappa shape index (κ2) is 7.11. The molecule has 1 aromatic heterocycles. The molecule has 0 aliphatic heterocycles. The van der Waals surface area contributed by atoms with Crippen molar-refractivity contribution in [3.05, 3.63) is 40.7 Å². The van der Waals surface area contributed by atoms with Crippen molar-refractivity contribution < 1.29 is 4.42 Å². The maximum absolute atomic E-state index is 6.07. The predicted octanol–water partition coefficient (Wildman–Crippen LogP) is 4.06. The van der Waals surface area contributed by atoms with E-state index in [0.29, 0.717) is 17.0 Å². The summed E-state index contributed by atoms with van der Waals surface area (Å²) in [5, 5.41) is 9.32. The van der Waals surface area contributed by atoms with Crippen molar-refractivity contribution in [2.24, 2.45) is 11.7 Å². The van der Waals surface area contributed by atoms with E-state index in [1.54, 1.807) is 0 Å². The number of hydrogen-bond donors (Lipinski definition) is 1. The molecule has 20 heavy (non-hydrogen) atoms. The summed E-state index contributed by atoms with van der Waals surface area (Å²) in [5.41, 5.74) is 7.19. The van der Waals surface area contributed by atoms with Gasteiger partial charge >= 0.3 is 0 Å². The number of benzene rings is 1. The lowest BCUT2D eigenvalue weighted by Crippen LogP contribution is -2.18. The molecular weight excluding hydrogens is 294 g/mol. The molecule has 1 heterocycles. The molecule has 2 aromatic rings. The first-order chi connectivity index (χ1) is 9.60. The molecule has 0 saturated heterocycles. The Hall–Kier alpha value is -1.04. The summed E-state index contributed by atoms with van der Waals surface area (Å²) in [6, 6.07) is 7.52. The predicted molar refractivity (Wildman–Crippen MR) is 81.7 cm³/mol. The minimum atomic E-state index is -0.201. The first kappa shape index (κ1) is 15.4. The highest BCUT2D eigenvalue weighted by atomic mass is 35.5. The van der Waals surface area contributed by atoms with Crippen LogP contribution in [0.15, 0.2) is 33.9 Å². The highest BCUT2D eigenvalue weighted by Gasteiger charge is 2.19. The second-order valence-corrected chi connectivity index (χ2v) is 6.10. The van der Waals surface area contributed by atoms with Gasteiger partial charge in [0.25, 0.3) is 5.22 Å². The maximum atomic E-state index is 6.07. The third-order valence-corrected chi connectivity index (χ3v) is 4.34. The fourth-order valence-electron chi connectivity index (χ4n) is 1.68. The highest BCUT2D eigenvalue weighted by molar-refractivity contribution is 7.98. The molecule has 0 spiro atoms. The van der Waals surface area contributed by atoms with E-state index in [1.807, 2.05) is 24.3 Å². The van der Waals surface area contributed by atoms with Crippen molar-refractivity contribution in [1.82, 2.24) is 10.2 Å². The lowest BCUT2D eigenvalue weighted by atomic mass is 10.0. The summed E-state index contributed by atoms with van der Waals surface area (Å²) < 4.78 is 5.60. The topological polar surface area (TPSA) is 64.9 Å². The summed E-state index contributed by atoms with van der Waals surface area (Å²) >= 11 is 7.43. The Labute approximate surface area is 128 Å². The van der Waals surface area contributed by atoms with Gasteiger partial charge in [-0.05, 0) is 23.6 Å². The largest absolute Gasteiger partial charge is 0.414 e. The number of nitrogens with zero attached hydrogens (tertiary/aromatic N) is 2. The van der Waals surface area contributed by atoms with E-state index in [-0.39, 0.29) is 6.04 Å². The Morgan fingerprint density at radius 3 is 2.90 bits per heavy atom. The van der Waals surface area contributed by atoms with E-state index in [1.165, 1.54) is 11.8 Å². The summed E-state index contributed by atoms with van der Waals surface area (Å²) in [6.45, 7) is 4.17. The van der Waals surface area contributed by atoms with Crippen LogP contribution >= 0.6 is 23.4 Å². The van der Waals surface area contributed by atoms with Crippen molar-refractivity contribution in [1.29, 1.82) is 0 Å². The molecule has 2 atom stereocenters. The highest BCUT2D eigenvalue weighted by Crippen LogP contribution is 2.26. The summed E-state index contributed by atoms with van der Waals surface area (Å²) in [6.07, 6.45) is 0.981. The van der Waals surface area contributed by atoms with Gasteiger partial charge in [-0.2, -0.15) is 0 Å². The van der Waals surface area contributed by atoms with Crippen molar-refractivity contribution >= 4 is 23.4 Å². The van der Waals surface area contributed by atoms with E-state index < -0.39 is 0 Å². The van der Waals surface area contributed by atoms with Gasteiger partial charge in [-0.15, -0.1) is 10.2 Å². The first-order valence-electron chi connectivity index (χ1n) is 6.56. The van der Waals surface area contributed by atoms with Crippen LogP contribution in [0.25, 0.3) is 0 Å². The van der Waals surface area contributed by atoms with Crippen LogP contribution in [0.5, 0.6) is 0 Å². The van der Waals surface area contributed by atoms with Gasteiger partial charge in [0.1, 0.15) is 0 Å². The minimum Gasteiger partial charge on any atom is -0.414 e. The van der Waals surface area contributed by atoms with E-state index in [9.17, 15) is 0 Å². The average molecular weight is 312 g/mol. The van der Waals surface area contributed by atoms with Gasteiger partial charge in [0, 0.05) is 10.8 Å². The van der Waals surface area contributed by atoms with Gasteiger partial charge in [0.05, 0.1) is 6.04 Å². The molecule has 0 aliphatic rings. The monoisotopic (exact) mass is 311 g/mol. The number of rotatable bonds is 6. The first-order valence-corrected chi connectivity index (χ1v) is 7.92. The molecule has 0 unspecified atom stereocenters. The minimum absolute atomic E-state index is 0.201. The molecule has 0 bridgehead atoms. The molecule has 0 fully saturated rings.